The molecule has 2 heterocycles. The van der Waals surface area contributed by atoms with Gasteiger partial charge in [0.25, 0.3) is 5.91 Å². The average Bonchev–Trinajstić information content (AvgIpc) is 2.94. The number of aromatic nitrogens is 3. The maximum atomic E-state index is 12.2. The molecule has 0 saturated carbocycles. The van der Waals surface area contributed by atoms with E-state index in [-0.39, 0.29) is 11.9 Å². The van der Waals surface area contributed by atoms with Crippen LogP contribution in [0.25, 0.3) is 0 Å². The van der Waals surface area contributed by atoms with Crippen molar-refractivity contribution in [2.75, 3.05) is 18.0 Å². The molecule has 22 heavy (non-hydrogen) atoms. The van der Waals surface area contributed by atoms with Crippen LogP contribution in [0, 0.1) is 6.92 Å². The van der Waals surface area contributed by atoms with Crippen molar-refractivity contribution < 1.29 is 4.79 Å². The molecule has 1 saturated heterocycles. The van der Waals surface area contributed by atoms with Crippen LogP contribution >= 0.6 is 11.6 Å². The number of aryl methyl sites for hydroxylation is 1. The topological polar surface area (TPSA) is 73.9 Å². The molecule has 1 aliphatic heterocycles. The third kappa shape index (κ3) is 3.06. The lowest BCUT2D eigenvalue weighted by molar-refractivity contribution is 0.0927. The Hall–Kier alpha value is -2.08. The molecule has 1 amide bonds. The Morgan fingerprint density at radius 3 is 2.95 bits per heavy atom. The van der Waals surface area contributed by atoms with Crippen molar-refractivity contribution in [3.63, 3.8) is 0 Å². The van der Waals surface area contributed by atoms with Crippen LogP contribution in [0.3, 0.4) is 0 Å². The van der Waals surface area contributed by atoms with E-state index in [0.717, 1.165) is 36.6 Å². The third-order valence-electron chi connectivity index (χ3n) is 3.89. The van der Waals surface area contributed by atoms with Crippen LogP contribution in [0.4, 0.5) is 5.69 Å². The minimum atomic E-state index is -0.183. The Labute approximate surface area is 133 Å². The molecule has 0 radical (unpaired) electrons. The number of halogens is 1. The molecule has 116 valence electrons. The van der Waals surface area contributed by atoms with Gasteiger partial charge < -0.3 is 10.2 Å². The van der Waals surface area contributed by atoms with E-state index in [2.05, 4.69) is 25.6 Å². The Morgan fingerprint density at radius 2 is 2.23 bits per heavy atom. The van der Waals surface area contributed by atoms with Gasteiger partial charge in [0.2, 0.25) is 0 Å². The number of para-hydroxylation sites is 1. The van der Waals surface area contributed by atoms with Gasteiger partial charge in [0.15, 0.2) is 5.69 Å². The van der Waals surface area contributed by atoms with Crippen LogP contribution < -0.4 is 10.2 Å². The van der Waals surface area contributed by atoms with Crippen molar-refractivity contribution in [2.24, 2.45) is 0 Å². The van der Waals surface area contributed by atoms with Crippen molar-refractivity contribution >= 4 is 23.2 Å². The van der Waals surface area contributed by atoms with Crippen molar-refractivity contribution in [1.82, 2.24) is 20.7 Å². The summed E-state index contributed by atoms with van der Waals surface area (Å²) in [5.41, 5.74) is 1.98. The molecule has 0 aliphatic carbocycles. The van der Waals surface area contributed by atoms with Gasteiger partial charge in [-0.25, -0.2) is 0 Å². The van der Waals surface area contributed by atoms with Crippen LogP contribution in [0.15, 0.2) is 24.3 Å². The third-order valence-corrected chi connectivity index (χ3v) is 4.21. The quantitative estimate of drug-likeness (QED) is 0.909. The van der Waals surface area contributed by atoms with E-state index in [0.29, 0.717) is 11.4 Å². The minimum Gasteiger partial charge on any atom is -0.368 e. The predicted octanol–water partition coefficient (Wildman–Crippen LogP) is 2.17. The monoisotopic (exact) mass is 319 g/mol. The molecule has 1 aromatic heterocycles. The Bertz CT molecular complexity index is 671. The first-order valence-corrected chi connectivity index (χ1v) is 7.70. The van der Waals surface area contributed by atoms with Gasteiger partial charge in [-0.05, 0) is 31.9 Å². The zero-order valence-corrected chi connectivity index (χ0v) is 13.1. The van der Waals surface area contributed by atoms with Gasteiger partial charge in [-0.15, -0.1) is 0 Å². The minimum absolute atomic E-state index is 0.0774. The van der Waals surface area contributed by atoms with Crippen LogP contribution in [-0.4, -0.2) is 40.4 Å². The van der Waals surface area contributed by atoms with E-state index >= 15 is 0 Å². The first-order valence-electron chi connectivity index (χ1n) is 7.33. The lowest BCUT2D eigenvalue weighted by atomic mass is 10.0. The fourth-order valence-corrected chi connectivity index (χ4v) is 3.03. The number of H-pyrrole nitrogens is 1. The Balaban J connectivity index is 1.68. The van der Waals surface area contributed by atoms with E-state index < -0.39 is 0 Å². The maximum absolute atomic E-state index is 12.2. The van der Waals surface area contributed by atoms with Gasteiger partial charge in [-0.1, -0.05) is 23.7 Å². The summed E-state index contributed by atoms with van der Waals surface area (Å²) in [5.74, 6) is -0.183. The summed E-state index contributed by atoms with van der Waals surface area (Å²) in [6, 6.07) is 7.87. The van der Waals surface area contributed by atoms with E-state index in [1.54, 1.807) is 6.92 Å². The summed E-state index contributed by atoms with van der Waals surface area (Å²) in [4.78, 5) is 14.4. The lowest BCUT2D eigenvalue weighted by Gasteiger charge is -2.35. The number of piperidine rings is 1. The van der Waals surface area contributed by atoms with E-state index in [1.807, 2.05) is 24.3 Å². The molecule has 6 nitrogen and oxygen atoms in total. The van der Waals surface area contributed by atoms with Crippen LogP contribution in [-0.2, 0) is 0 Å². The average molecular weight is 320 g/mol. The molecule has 0 bridgehead atoms. The molecule has 1 fully saturated rings. The van der Waals surface area contributed by atoms with Gasteiger partial charge >= 0.3 is 0 Å². The summed E-state index contributed by atoms with van der Waals surface area (Å²) in [6.45, 7) is 3.45. The molecule has 1 aromatic carbocycles. The number of carbonyl (C=O) groups is 1. The first-order chi connectivity index (χ1) is 10.6. The predicted molar refractivity (Wildman–Crippen MR) is 85.3 cm³/mol. The fourth-order valence-electron chi connectivity index (χ4n) is 2.77. The molecule has 2 N–H and O–H groups in total. The smallest absolute Gasteiger partial charge is 0.274 e. The summed E-state index contributed by atoms with van der Waals surface area (Å²) < 4.78 is 0. The highest BCUT2D eigenvalue weighted by atomic mass is 35.5. The Kier molecular flexibility index (Phi) is 4.29. The molecule has 1 unspecified atom stereocenters. The lowest BCUT2D eigenvalue weighted by Crippen LogP contribution is -2.48. The van der Waals surface area contributed by atoms with Gasteiger partial charge in [-0.3, -0.25) is 4.79 Å². The number of aromatic amines is 1. The number of rotatable bonds is 3. The summed E-state index contributed by atoms with van der Waals surface area (Å²) in [5, 5.41) is 14.0. The number of carbonyl (C=O) groups excluding carboxylic acids is 1. The zero-order chi connectivity index (χ0) is 15.5. The number of hydrogen-bond donors (Lipinski definition) is 2. The number of nitrogens with zero attached hydrogens (tertiary/aromatic N) is 3. The number of hydrogen-bond acceptors (Lipinski definition) is 4. The second-order valence-electron chi connectivity index (χ2n) is 5.47. The van der Waals surface area contributed by atoms with Gasteiger partial charge in [0.05, 0.1) is 16.4 Å². The van der Waals surface area contributed by atoms with Gasteiger partial charge in [0.1, 0.15) is 0 Å². The van der Waals surface area contributed by atoms with Gasteiger partial charge in [-0.2, -0.15) is 15.4 Å². The molecule has 2 aromatic rings. The molecule has 1 aliphatic rings. The van der Waals surface area contributed by atoms with Crippen LogP contribution in [0.5, 0.6) is 0 Å². The second-order valence-corrected chi connectivity index (χ2v) is 5.87. The van der Waals surface area contributed by atoms with Gasteiger partial charge in [0, 0.05) is 19.1 Å². The summed E-state index contributed by atoms with van der Waals surface area (Å²) >= 11 is 6.26. The summed E-state index contributed by atoms with van der Waals surface area (Å²) in [7, 11) is 0. The maximum Gasteiger partial charge on any atom is 0.274 e. The van der Waals surface area contributed by atoms with E-state index in [9.17, 15) is 4.79 Å². The fraction of sp³-hybridized carbons (Fsp3) is 0.400. The number of amides is 1. The van der Waals surface area contributed by atoms with Crippen molar-refractivity contribution in [2.45, 2.75) is 25.8 Å². The molecule has 0 spiro atoms. The Morgan fingerprint density at radius 1 is 1.41 bits per heavy atom. The van der Waals surface area contributed by atoms with Crippen LogP contribution in [0.2, 0.25) is 5.02 Å². The largest absolute Gasteiger partial charge is 0.368 e. The standard InChI is InChI=1S/C15H18ClN5O/c1-10-14(19-20-18-10)15(22)17-11-5-4-8-21(9-11)13-7-3-2-6-12(13)16/h2-3,6-7,11H,4-5,8-9H2,1H3,(H,17,22)(H,18,19,20). The first kappa shape index (κ1) is 14.8. The molecular formula is C15H18ClN5O. The van der Waals surface area contributed by atoms with E-state index in [4.69, 9.17) is 11.6 Å². The summed E-state index contributed by atoms with van der Waals surface area (Å²) in [6.07, 6.45) is 1.96. The van der Waals surface area contributed by atoms with Crippen molar-refractivity contribution in [3.05, 3.63) is 40.7 Å². The SMILES string of the molecule is Cc1n[nH]nc1C(=O)NC1CCCN(c2ccccc2Cl)C1. The normalized spacial score (nSPS) is 18.3. The molecular weight excluding hydrogens is 302 g/mol. The molecule has 1 atom stereocenters. The van der Waals surface area contributed by atoms with Crippen LogP contribution in [0.1, 0.15) is 29.0 Å². The van der Waals surface area contributed by atoms with E-state index in [1.165, 1.54) is 0 Å². The van der Waals surface area contributed by atoms with Crippen molar-refractivity contribution in [1.29, 1.82) is 0 Å². The number of anilines is 1. The zero-order valence-electron chi connectivity index (χ0n) is 12.3. The second kappa shape index (κ2) is 6.36. The number of nitrogens with one attached hydrogen (secondary N) is 2. The molecule has 3 rings (SSSR count). The molecule has 7 heteroatoms. The highest BCUT2D eigenvalue weighted by Gasteiger charge is 2.24. The highest BCUT2D eigenvalue weighted by Crippen LogP contribution is 2.27. The number of benzene rings is 1. The van der Waals surface area contributed by atoms with Crippen molar-refractivity contribution in [3.8, 4) is 0 Å². The highest BCUT2D eigenvalue weighted by molar-refractivity contribution is 6.33.